The molecule has 240 valence electrons. The average molecular weight is 636 g/mol. The number of carbonyl (C=O) groups is 2. The summed E-state index contributed by atoms with van der Waals surface area (Å²) in [6.07, 6.45) is 6.18. The Morgan fingerprint density at radius 1 is 1.07 bits per heavy atom. The zero-order valence-corrected chi connectivity index (χ0v) is 26.6. The Morgan fingerprint density at radius 3 is 2.42 bits per heavy atom. The predicted molar refractivity (Wildman–Crippen MR) is 173 cm³/mol. The van der Waals surface area contributed by atoms with Crippen molar-refractivity contribution in [1.29, 1.82) is 10.8 Å². The first-order valence-electron chi connectivity index (χ1n) is 16.1. The van der Waals surface area contributed by atoms with E-state index < -0.39 is 11.7 Å². The summed E-state index contributed by atoms with van der Waals surface area (Å²) < 4.78 is 27.3. The molecule has 1 atom stereocenters. The molecule has 0 unspecified atom stereocenters. The molecular formula is C34H42FN5O4S. The van der Waals surface area contributed by atoms with Crippen LogP contribution in [-0.4, -0.2) is 76.6 Å². The van der Waals surface area contributed by atoms with Crippen LogP contribution in [0.15, 0.2) is 36.4 Å². The van der Waals surface area contributed by atoms with Crippen LogP contribution in [0.5, 0.6) is 11.5 Å². The molecule has 3 aliphatic heterocycles. The second-order valence-electron chi connectivity index (χ2n) is 12.8. The van der Waals surface area contributed by atoms with Crippen molar-refractivity contribution in [2.75, 3.05) is 32.8 Å². The van der Waals surface area contributed by atoms with Crippen molar-refractivity contribution < 1.29 is 23.5 Å². The molecule has 1 saturated carbocycles. The van der Waals surface area contributed by atoms with Gasteiger partial charge in [-0.3, -0.25) is 20.4 Å². The van der Waals surface area contributed by atoms with Crippen molar-refractivity contribution in [2.24, 2.45) is 11.8 Å². The minimum absolute atomic E-state index is 0.0138. The molecule has 2 aromatic carbocycles. The van der Waals surface area contributed by atoms with Gasteiger partial charge in [0.2, 0.25) is 5.91 Å². The average Bonchev–Trinajstić information content (AvgIpc) is 3.84. The lowest BCUT2D eigenvalue weighted by Gasteiger charge is -2.39. The minimum atomic E-state index is -0.645. The molecule has 0 aromatic heterocycles. The van der Waals surface area contributed by atoms with Gasteiger partial charge in [-0.25, -0.2) is 4.39 Å². The highest BCUT2D eigenvalue weighted by Gasteiger charge is 2.31. The number of hydrogen-bond acceptors (Lipinski definition) is 8. The van der Waals surface area contributed by atoms with Crippen molar-refractivity contribution in [3.8, 4) is 11.5 Å². The third kappa shape index (κ3) is 7.93. The predicted octanol–water partition coefficient (Wildman–Crippen LogP) is 5.81. The summed E-state index contributed by atoms with van der Waals surface area (Å²) in [5, 5.41) is 20.4. The van der Waals surface area contributed by atoms with E-state index in [2.05, 4.69) is 10.2 Å². The van der Waals surface area contributed by atoms with Crippen molar-refractivity contribution >= 4 is 33.7 Å². The van der Waals surface area contributed by atoms with Gasteiger partial charge in [-0.1, -0.05) is 18.7 Å². The molecule has 4 fully saturated rings. The van der Waals surface area contributed by atoms with Gasteiger partial charge in [0.1, 0.15) is 22.4 Å². The third-order valence-electron chi connectivity index (χ3n) is 9.24. The summed E-state index contributed by atoms with van der Waals surface area (Å²) in [6, 6.07) is 10.2. The van der Waals surface area contributed by atoms with Crippen molar-refractivity contribution in [2.45, 2.75) is 70.5 Å². The number of rotatable bonds is 9. The minimum Gasteiger partial charge on any atom is -0.457 e. The van der Waals surface area contributed by atoms with E-state index in [-0.39, 0.29) is 35.9 Å². The summed E-state index contributed by atoms with van der Waals surface area (Å²) >= 11 is 1.18. The van der Waals surface area contributed by atoms with E-state index in [0.717, 1.165) is 64.8 Å². The van der Waals surface area contributed by atoms with Crippen LogP contribution in [0.1, 0.15) is 73.4 Å². The summed E-state index contributed by atoms with van der Waals surface area (Å²) in [7, 11) is 0. The maximum atomic E-state index is 15.6. The third-order valence-corrected chi connectivity index (χ3v) is 10.2. The molecule has 0 spiro atoms. The molecule has 9 nitrogen and oxygen atoms in total. The molecule has 3 N–H and O–H groups in total. The number of nitrogens with one attached hydrogen (secondary N) is 3. The molecule has 3 saturated heterocycles. The highest BCUT2D eigenvalue weighted by Crippen LogP contribution is 2.36. The Hall–Kier alpha value is -3.28. The number of ether oxygens (including phenoxy) is 2. The number of hydrogen-bond donors (Lipinski definition) is 3. The number of nitrogens with zero attached hydrogens (tertiary/aromatic N) is 2. The van der Waals surface area contributed by atoms with E-state index in [1.807, 2.05) is 6.92 Å². The zero-order chi connectivity index (χ0) is 31.5. The second-order valence-corrected chi connectivity index (χ2v) is 13.9. The molecule has 4 aliphatic rings. The highest BCUT2D eigenvalue weighted by molar-refractivity contribution is 8.26. The highest BCUT2D eigenvalue weighted by atomic mass is 32.2. The number of halogens is 1. The van der Waals surface area contributed by atoms with E-state index in [4.69, 9.17) is 20.3 Å². The fraction of sp³-hybridized carbons (Fsp3) is 0.529. The maximum absolute atomic E-state index is 15.6. The first kappa shape index (κ1) is 31.7. The van der Waals surface area contributed by atoms with Gasteiger partial charge >= 0.3 is 0 Å². The van der Waals surface area contributed by atoms with E-state index in [0.29, 0.717) is 51.7 Å². The van der Waals surface area contributed by atoms with Gasteiger partial charge in [0.25, 0.3) is 5.91 Å². The second kappa shape index (κ2) is 14.0. The Kier molecular flexibility index (Phi) is 9.87. The Balaban J connectivity index is 1.16. The molecule has 2 amide bonds. The van der Waals surface area contributed by atoms with Gasteiger partial charge in [-0.2, -0.15) is 0 Å². The van der Waals surface area contributed by atoms with Crippen LogP contribution in [0.3, 0.4) is 0 Å². The Labute approximate surface area is 268 Å². The van der Waals surface area contributed by atoms with Gasteiger partial charge in [-0.05, 0) is 80.8 Å². The van der Waals surface area contributed by atoms with E-state index >= 15 is 4.39 Å². The number of benzene rings is 2. The lowest BCUT2D eigenvalue weighted by Crippen LogP contribution is -2.49. The maximum Gasteiger partial charge on any atom is 0.254 e. The molecule has 6 rings (SSSR count). The molecular weight excluding hydrogens is 593 g/mol. The normalized spacial score (nSPS) is 21.6. The fourth-order valence-corrected chi connectivity index (χ4v) is 7.31. The van der Waals surface area contributed by atoms with Crippen LogP contribution < -0.4 is 10.1 Å². The monoisotopic (exact) mass is 635 g/mol. The number of amides is 2. The molecule has 11 heteroatoms. The van der Waals surface area contributed by atoms with Crippen molar-refractivity contribution in [1.82, 2.24) is 15.1 Å². The first-order valence-corrected chi connectivity index (χ1v) is 16.9. The molecule has 2 aromatic rings. The van der Waals surface area contributed by atoms with Gasteiger partial charge in [0.15, 0.2) is 0 Å². The molecule has 0 bridgehead atoms. The summed E-state index contributed by atoms with van der Waals surface area (Å²) in [5.41, 5.74) is 1.08. The molecule has 1 aliphatic carbocycles. The lowest BCUT2D eigenvalue weighted by atomic mass is 9.99. The zero-order valence-electron chi connectivity index (χ0n) is 25.8. The smallest absolute Gasteiger partial charge is 0.254 e. The van der Waals surface area contributed by atoms with Gasteiger partial charge in [-0.15, -0.1) is 0 Å². The molecule has 3 heterocycles. The van der Waals surface area contributed by atoms with Crippen LogP contribution in [0.2, 0.25) is 0 Å². The van der Waals surface area contributed by atoms with Crippen molar-refractivity contribution in [3.63, 3.8) is 0 Å². The number of carbonyl (C=O) groups excluding carboxylic acids is 2. The van der Waals surface area contributed by atoms with E-state index in [1.54, 1.807) is 29.2 Å². The topological polar surface area (TPSA) is 119 Å². The lowest BCUT2D eigenvalue weighted by molar-refractivity contribution is -0.128. The summed E-state index contributed by atoms with van der Waals surface area (Å²) in [4.78, 5) is 30.1. The van der Waals surface area contributed by atoms with Crippen LogP contribution >= 0.6 is 11.8 Å². The van der Waals surface area contributed by atoms with Crippen LogP contribution in [0.4, 0.5) is 4.39 Å². The largest absolute Gasteiger partial charge is 0.457 e. The molecule has 0 radical (unpaired) electrons. The Morgan fingerprint density at radius 2 is 1.78 bits per heavy atom. The summed E-state index contributed by atoms with van der Waals surface area (Å²) in [6.45, 7) is 6.16. The Bertz CT molecular complexity index is 1430. The summed E-state index contributed by atoms with van der Waals surface area (Å²) in [5.74, 6) is 0.185. The van der Waals surface area contributed by atoms with Gasteiger partial charge in [0, 0.05) is 74.9 Å². The number of piperidine rings is 1. The number of likely N-dealkylation sites (tertiary alicyclic amines) is 2. The van der Waals surface area contributed by atoms with E-state index in [9.17, 15) is 9.59 Å². The molecule has 45 heavy (non-hydrogen) atoms. The SMILES string of the molecule is C[C@H]1CC(=O)N(Cc2cc(F)c(C(=O)NC3CCN(C4CCOCC4)CC3)cc2Oc2ccc(C(=N)SC(=N)C3CC3)cc2)C1. The number of thioether (sulfide) groups is 1. The standard InChI is InChI=1S/C34H42FN5O4S/c1-21-16-31(41)40(19-21)20-24-17-29(35)28(34(42)38-25-8-12-39(13-9-25)26-10-14-43-15-11-26)18-30(24)44-27-6-4-23(5-7-27)33(37)45-32(36)22-2-3-22/h4-7,17-18,21-22,25-26,36-37H,2-3,8-16,19-20H2,1H3,(H,38,42)/t21-/m0/s1. The quantitative estimate of drug-likeness (QED) is 0.237. The van der Waals surface area contributed by atoms with Gasteiger partial charge in [0.05, 0.1) is 10.6 Å². The first-order chi connectivity index (χ1) is 21.7. The van der Waals surface area contributed by atoms with Crippen LogP contribution in [-0.2, 0) is 16.1 Å². The van der Waals surface area contributed by atoms with E-state index in [1.165, 1.54) is 23.9 Å². The van der Waals surface area contributed by atoms with Crippen molar-refractivity contribution in [3.05, 3.63) is 58.9 Å². The van der Waals surface area contributed by atoms with Gasteiger partial charge < -0.3 is 24.6 Å². The van der Waals surface area contributed by atoms with Crippen LogP contribution in [0, 0.1) is 28.5 Å². The fourth-order valence-electron chi connectivity index (χ4n) is 6.44. The van der Waals surface area contributed by atoms with Crippen LogP contribution in [0.25, 0.3) is 0 Å².